The Bertz CT molecular complexity index is 715. The minimum atomic E-state index is -0.295. The molecule has 26 heavy (non-hydrogen) atoms. The first-order chi connectivity index (χ1) is 12.6. The first-order valence-electron chi connectivity index (χ1n) is 9.56. The Balaban J connectivity index is 1.42. The molecule has 1 N–H and O–H groups in total. The number of nitrogens with zero attached hydrogens (tertiary/aromatic N) is 2. The second-order valence-corrected chi connectivity index (χ2v) is 6.96. The Morgan fingerprint density at radius 1 is 1.15 bits per heavy atom. The van der Waals surface area contributed by atoms with Crippen LogP contribution in [0.3, 0.4) is 0 Å². The number of amides is 2. The first kappa shape index (κ1) is 18.4. The zero-order valence-corrected chi connectivity index (χ0v) is 15.4. The van der Waals surface area contributed by atoms with Gasteiger partial charge in [-0.3, -0.25) is 9.59 Å². The van der Waals surface area contributed by atoms with Crippen LogP contribution in [0.4, 0.5) is 0 Å². The number of oxazole rings is 1. The van der Waals surface area contributed by atoms with Gasteiger partial charge in [-0.2, -0.15) is 0 Å². The van der Waals surface area contributed by atoms with Crippen molar-refractivity contribution in [1.82, 2.24) is 15.2 Å². The Morgan fingerprint density at radius 3 is 2.62 bits per heavy atom. The predicted octanol–water partition coefficient (Wildman–Crippen LogP) is 3.58. The van der Waals surface area contributed by atoms with Crippen molar-refractivity contribution in [2.45, 2.75) is 57.9 Å². The number of para-hydroxylation sites is 2. The topological polar surface area (TPSA) is 75.4 Å². The lowest BCUT2D eigenvalue weighted by Crippen LogP contribution is -2.32. The second-order valence-electron chi connectivity index (χ2n) is 6.96. The SMILES string of the molecule is CC(NC(=O)CCCC(=O)N1CCCCCC1)c1nc2ccccc2o1. The van der Waals surface area contributed by atoms with E-state index < -0.39 is 0 Å². The first-order valence-corrected chi connectivity index (χ1v) is 9.56. The molecule has 1 aliphatic rings. The summed E-state index contributed by atoms with van der Waals surface area (Å²) in [5.41, 5.74) is 1.50. The van der Waals surface area contributed by atoms with Gasteiger partial charge in [0.05, 0.1) is 0 Å². The summed E-state index contributed by atoms with van der Waals surface area (Å²) in [4.78, 5) is 30.7. The lowest BCUT2D eigenvalue weighted by molar-refractivity contribution is -0.131. The van der Waals surface area contributed by atoms with Gasteiger partial charge in [0.25, 0.3) is 0 Å². The molecule has 1 unspecified atom stereocenters. The number of carbonyl (C=O) groups is 2. The van der Waals surface area contributed by atoms with Crippen molar-refractivity contribution in [2.75, 3.05) is 13.1 Å². The predicted molar refractivity (Wildman–Crippen MR) is 99.5 cm³/mol. The zero-order valence-electron chi connectivity index (χ0n) is 15.4. The number of rotatable bonds is 6. The number of hydrogen-bond donors (Lipinski definition) is 1. The number of fused-ring (bicyclic) bond motifs is 1. The molecular formula is C20H27N3O3. The van der Waals surface area contributed by atoms with Crippen LogP contribution in [0.2, 0.25) is 0 Å². The highest BCUT2D eigenvalue weighted by atomic mass is 16.3. The number of hydrogen-bond acceptors (Lipinski definition) is 4. The highest BCUT2D eigenvalue weighted by molar-refractivity contribution is 5.79. The van der Waals surface area contributed by atoms with Crippen LogP contribution in [-0.2, 0) is 9.59 Å². The average Bonchev–Trinajstić information content (AvgIpc) is 2.88. The second kappa shape index (κ2) is 8.83. The summed E-state index contributed by atoms with van der Waals surface area (Å²) in [5.74, 6) is 0.593. The van der Waals surface area contributed by atoms with Crippen molar-refractivity contribution >= 4 is 22.9 Å². The monoisotopic (exact) mass is 357 g/mol. The van der Waals surface area contributed by atoms with Gasteiger partial charge in [0.15, 0.2) is 5.58 Å². The maximum absolute atomic E-state index is 12.2. The van der Waals surface area contributed by atoms with Gasteiger partial charge < -0.3 is 14.6 Å². The van der Waals surface area contributed by atoms with Crippen LogP contribution in [0, 0.1) is 0 Å². The summed E-state index contributed by atoms with van der Waals surface area (Å²) in [5, 5.41) is 2.90. The largest absolute Gasteiger partial charge is 0.438 e. The van der Waals surface area contributed by atoms with E-state index in [1.165, 1.54) is 12.8 Å². The zero-order chi connectivity index (χ0) is 18.4. The fourth-order valence-electron chi connectivity index (χ4n) is 3.33. The molecule has 0 bridgehead atoms. The third-order valence-corrected chi connectivity index (χ3v) is 4.81. The molecule has 2 heterocycles. The van der Waals surface area contributed by atoms with Crippen LogP contribution >= 0.6 is 0 Å². The van der Waals surface area contributed by atoms with Crippen LogP contribution in [0.5, 0.6) is 0 Å². The molecule has 1 aromatic heterocycles. The van der Waals surface area contributed by atoms with Gasteiger partial charge in [0.1, 0.15) is 11.6 Å². The molecule has 6 nitrogen and oxygen atoms in total. The van der Waals surface area contributed by atoms with E-state index in [0.29, 0.717) is 30.7 Å². The summed E-state index contributed by atoms with van der Waals surface area (Å²) >= 11 is 0. The lowest BCUT2D eigenvalue weighted by atomic mass is 10.2. The highest BCUT2D eigenvalue weighted by Crippen LogP contribution is 2.19. The molecule has 1 saturated heterocycles. The van der Waals surface area contributed by atoms with Crippen molar-refractivity contribution in [3.63, 3.8) is 0 Å². The number of benzene rings is 1. The molecule has 0 spiro atoms. The van der Waals surface area contributed by atoms with E-state index in [-0.39, 0.29) is 17.9 Å². The molecular weight excluding hydrogens is 330 g/mol. The Hall–Kier alpha value is -2.37. The Labute approximate surface area is 153 Å². The molecule has 140 valence electrons. The molecule has 2 amide bonds. The lowest BCUT2D eigenvalue weighted by Gasteiger charge is -2.20. The number of nitrogens with one attached hydrogen (secondary N) is 1. The van der Waals surface area contributed by atoms with E-state index in [1.807, 2.05) is 36.1 Å². The van der Waals surface area contributed by atoms with Gasteiger partial charge in [0.2, 0.25) is 17.7 Å². The van der Waals surface area contributed by atoms with E-state index in [2.05, 4.69) is 10.3 Å². The molecule has 2 aromatic rings. The molecule has 0 saturated carbocycles. The van der Waals surface area contributed by atoms with Crippen molar-refractivity contribution in [3.05, 3.63) is 30.2 Å². The van der Waals surface area contributed by atoms with Gasteiger partial charge in [0, 0.05) is 25.9 Å². The molecule has 3 rings (SSSR count). The van der Waals surface area contributed by atoms with E-state index in [0.717, 1.165) is 31.4 Å². The molecule has 1 aromatic carbocycles. The minimum absolute atomic E-state index is 0.0802. The summed E-state index contributed by atoms with van der Waals surface area (Å²) in [6, 6.07) is 7.23. The Morgan fingerprint density at radius 2 is 1.88 bits per heavy atom. The van der Waals surface area contributed by atoms with Gasteiger partial charge in [-0.05, 0) is 38.3 Å². The van der Waals surface area contributed by atoms with Crippen molar-refractivity contribution in [2.24, 2.45) is 0 Å². The van der Waals surface area contributed by atoms with Crippen LogP contribution < -0.4 is 5.32 Å². The average molecular weight is 357 g/mol. The summed E-state index contributed by atoms with van der Waals surface area (Å²) in [6.45, 7) is 3.57. The molecule has 0 aliphatic carbocycles. The van der Waals surface area contributed by atoms with E-state index in [1.54, 1.807) is 0 Å². The molecule has 1 atom stereocenters. The van der Waals surface area contributed by atoms with Crippen molar-refractivity contribution in [3.8, 4) is 0 Å². The maximum atomic E-state index is 12.2. The van der Waals surface area contributed by atoms with E-state index in [9.17, 15) is 9.59 Å². The normalized spacial score (nSPS) is 16.3. The van der Waals surface area contributed by atoms with Gasteiger partial charge in [-0.1, -0.05) is 25.0 Å². The third kappa shape index (κ3) is 4.84. The molecule has 0 radical (unpaired) electrons. The highest BCUT2D eigenvalue weighted by Gasteiger charge is 2.18. The van der Waals surface area contributed by atoms with Gasteiger partial charge >= 0.3 is 0 Å². The fourth-order valence-corrected chi connectivity index (χ4v) is 3.33. The van der Waals surface area contributed by atoms with Crippen LogP contribution in [0.15, 0.2) is 28.7 Å². The van der Waals surface area contributed by atoms with E-state index >= 15 is 0 Å². The number of aromatic nitrogens is 1. The standard InChI is InChI=1S/C20H27N3O3/c1-15(20-22-16-9-4-5-10-17(16)26-20)21-18(24)11-8-12-19(25)23-13-6-2-3-7-14-23/h4-5,9-10,15H,2-3,6-8,11-14H2,1H3,(H,21,24). The molecule has 1 fully saturated rings. The fraction of sp³-hybridized carbons (Fsp3) is 0.550. The van der Waals surface area contributed by atoms with Crippen LogP contribution in [0.25, 0.3) is 11.1 Å². The van der Waals surface area contributed by atoms with Crippen molar-refractivity contribution in [1.29, 1.82) is 0 Å². The summed E-state index contributed by atoms with van der Waals surface area (Å²) in [6.07, 6.45) is 5.94. The van der Waals surface area contributed by atoms with Crippen LogP contribution in [0.1, 0.15) is 63.8 Å². The third-order valence-electron chi connectivity index (χ3n) is 4.81. The Kier molecular flexibility index (Phi) is 6.26. The van der Waals surface area contributed by atoms with Crippen LogP contribution in [-0.4, -0.2) is 34.8 Å². The number of carbonyl (C=O) groups excluding carboxylic acids is 2. The summed E-state index contributed by atoms with van der Waals surface area (Å²) in [7, 11) is 0. The maximum Gasteiger partial charge on any atom is 0.222 e. The minimum Gasteiger partial charge on any atom is -0.438 e. The quantitative estimate of drug-likeness (QED) is 0.857. The molecule has 6 heteroatoms. The number of likely N-dealkylation sites (tertiary alicyclic amines) is 1. The van der Waals surface area contributed by atoms with Gasteiger partial charge in [-0.25, -0.2) is 4.98 Å². The van der Waals surface area contributed by atoms with E-state index in [4.69, 9.17) is 4.42 Å². The summed E-state index contributed by atoms with van der Waals surface area (Å²) < 4.78 is 5.68. The smallest absolute Gasteiger partial charge is 0.222 e. The molecule has 1 aliphatic heterocycles. The van der Waals surface area contributed by atoms with Gasteiger partial charge in [-0.15, -0.1) is 0 Å². The van der Waals surface area contributed by atoms with Crippen molar-refractivity contribution < 1.29 is 14.0 Å².